The van der Waals surface area contributed by atoms with E-state index in [1.807, 2.05) is 0 Å². The van der Waals surface area contributed by atoms with Gasteiger partial charge in [0.15, 0.2) is 5.84 Å². The van der Waals surface area contributed by atoms with Crippen LogP contribution >= 0.6 is 11.5 Å². The van der Waals surface area contributed by atoms with Crippen LogP contribution in [0.1, 0.15) is 15.2 Å². The van der Waals surface area contributed by atoms with E-state index < -0.39 is 11.7 Å². The van der Waals surface area contributed by atoms with Gasteiger partial charge in [-0.2, -0.15) is 0 Å². The Morgan fingerprint density at radius 1 is 1.53 bits per heavy atom. The summed E-state index contributed by atoms with van der Waals surface area (Å²) >= 11 is 0.933. The molecule has 0 aliphatic carbocycles. The van der Waals surface area contributed by atoms with E-state index >= 15 is 0 Å². The summed E-state index contributed by atoms with van der Waals surface area (Å²) in [5.74, 6) is -1.46. The molecule has 1 aromatic heterocycles. The molecule has 0 unspecified atom stereocenters. The van der Waals surface area contributed by atoms with Gasteiger partial charge in [0.1, 0.15) is 10.7 Å². The van der Waals surface area contributed by atoms with Crippen molar-refractivity contribution in [2.45, 2.75) is 0 Å². The van der Waals surface area contributed by atoms with Crippen molar-refractivity contribution in [1.82, 2.24) is 9.59 Å². The summed E-state index contributed by atoms with van der Waals surface area (Å²) in [7, 11) is 0. The fraction of sp³-hybridized carbons (Fsp3) is 0. The van der Waals surface area contributed by atoms with E-state index in [1.165, 1.54) is 18.3 Å². The third-order valence-corrected chi connectivity index (χ3v) is 2.86. The van der Waals surface area contributed by atoms with Crippen molar-refractivity contribution in [2.75, 3.05) is 5.32 Å². The Kier molecular flexibility index (Phi) is 3.66. The first-order valence-corrected chi connectivity index (χ1v) is 5.75. The van der Waals surface area contributed by atoms with Crippen molar-refractivity contribution < 1.29 is 14.4 Å². The molecule has 0 radical (unpaired) electrons. The van der Waals surface area contributed by atoms with Crippen molar-refractivity contribution in [2.24, 2.45) is 10.9 Å². The molecule has 2 aromatic rings. The maximum absolute atomic E-state index is 13.4. The van der Waals surface area contributed by atoms with Crippen LogP contribution in [-0.4, -0.2) is 26.5 Å². The molecular formula is C10H8FN5O2S. The molecular weight excluding hydrogens is 273 g/mol. The number of hydrogen-bond donors (Lipinski definition) is 3. The molecule has 0 atom stereocenters. The van der Waals surface area contributed by atoms with Crippen LogP contribution in [0, 0.1) is 5.82 Å². The number of nitrogens with two attached hydrogens (primary N) is 1. The van der Waals surface area contributed by atoms with Crippen molar-refractivity contribution in [1.29, 1.82) is 0 Å². The molecule has 1 amide bonds. The van der Waals surface area contributed by atoms with Gasteiger partial charge in [0, 0.05) is 5.69 Å². The molecule has 0 saturated heterocycles. The van der Waals surface area contributed by atoms with E-state index in [-0.39, 0.29) is 11.4 Å². The Hall–Kier alpha value is -2.55. The number of oxime groups is 1. The second-order valence-electron chi connectivity index (χ2n) is 3.42. The van der Waals surface area contributed by atoms with Crippen LogP contribution in [0.4, 0.5) is 10.1 Å². The predicted octanol–water partition coefficient (Wildman–Crippen LogP) is 1.02. The molecule has 9 heteroatoms. The molecule has 0 saturated carbocycles. The average Bonchev–Trinajstić information content (AvgIpc) is 2.94. The van der Waals surface area contributed by atoms with E-state index in [1.54, 1.807) is 0 Å². The highest BCUT2D eigenvalue weighted by molar-refractivity contribution is 7.07. The summed E-state index contributed by atoms with van der Waals surface area (Å²) in [6.45, 7) is 0. The van der Waals surface area contributed by atoms with Crippen molar-refractivity contribution in [3.8, 4) is 0 Å². The monoisotopic (exact) mass is 281 g/mol. The number of rotatable bonds is 3. The van der Waals surface area contributed by atoms with Crippen molar-refractivity contribution in [3.05, 3.63) is 40.7 Å². The van der Waals surface area contributed by atoms with Crippen LogP contribution in [0.5, 0.6) is 0 Å². The third kappa shape index (κ3) is 2.83. The number of amidine groups is 1. The summed E-state index contributed by atoms with van der Waals surface area (Å²) in [6, 6.07) is 3.72. The second kappa shape index (κ2) is 5.40. The summed E-state index contributed by atoms with van der Waals surface area (Å²) in [4.78, 5) is 12.0. The van der Waals surface area contributed by atoms with Crippen molar-refractivity contribution in [3.63, 3.8) is 0 Å². The Labute approximate surface area is 110 Å². The number of benzene rings is 1. The van der Waals surface area contributed by atoms with E-state index in [9.17, 15) is 9.18 Å². The second-order valence-corrected chi connectivity index (χ2v) is 4.20. The number of carbonyl (C=O) groups excluding carboxylic acids is 1. The number of aromatic nitrogens is 2. The first-order chi connectivity index (χ1) is 9.11. The Morgan fingerprint density at radius 3 is 2.95 bits per heavy atom. The minimum Gasteiger partial charge on any atom is -0.409 e. The predicted molar refractivity (Wildman–Crippen MR) is 66.8 cm³/mol. The van der Waals surface area contributed by atoms with E-state index in [0.717, 1.165) is 17.6 Å². The van der Waals surface area contributed by atoms with Gasteiger partial charge < -0.3 is 16.3 Å². The maximum atomic E-state index is 13.4. The number of carbonyl (C=O) groups is 1. The molecule has 0 spiro atoms. The zero-order chi connectivity index (χ0) is 13.8. The molecule has 7 nitrogen and oxygen atoms in total. The number of nitrogens with zero attached hydrogens (tertiary/aromatic N) is 3. The smallest absolute Gasteiger partial charge is 0.269 e. The Bertz CT molecular complexity index is 629. The van der Waals surface area contributed by atoms with Gasteiger partial charge in [0.05, 0.1) is 11.8 Å². The number of amides is 1. The van der Waals surface area contributed by atoms with Crippen LogP contribution in [0.25, 0.3) is 0 Å². The summed E-state index contributed by atoms with van der Waals surface area (Å²) in [5.41, 5.74) is 5.52. The highest BCUT2D eigenvalue weighted by Gasteiger charge is 2.12. The zero-order valence-electron chi connectivity index (χ0n) is 9.37. The van der Waals surface area contributed by atoms with Gasteiger partial charge in [-0.05, 0) is 29.7 Å². The number of nitrogens with one attached hydrogen (secondary N) is 1. The first kappa shape index (κ1) is 12.9. The van der Waals surface area contributed by atoms with Crippen LogP contribution in [0.2, 0.25) is 0 Å². The molecule has 0 fully saturated rings. The molecule has 0 bridgehead atoms. The minimum absolute atomic E-state index is 0.109. The van der Waals surface area contributed by atoms with Gasteiger partial charge in [-0.3, -0.25) is 4.79 Å². The quantitative estimate of drug-likeness (QED) is 0.336. The number of halogens is 1. The van der Waals surface area contributed by atoms with Gasteiger partial charge in [0.25, 0.3) is 5.91 Å². The lowest BCUT2D eigenvalue weighted by Crippen LogP contribution is -2.16. The van der Waals surface area contributed by atoms with Gasteiger partial charge in [-0.25, -0.2) is 4.39 Å². The summed E-state index contributed by atoms with van der Waals surface area (Å²) < 4.78 is 17.0. The Balaban J connectivity index is 2.25. The van der Waals surface area contributed by atoms with Gasteiger partial charge >= 0.3 is 0 Å². The molecule has 1 aromatic carbocycles. The maximum Gasteiger partial charge on any atom is 0.269 e. The van der Waals surface area contributed by atoms with E-state index in [2.05, 4.69) is 20.1 Å². The van der Waals surface area contributed by atoms with Gasteiger partial charge in [-0.15, -0.1) is 5.10 Å². The van der Waals surface area contributed by atoms with Crippen LogP contribution in [0.3, 0.4) is 0 Å². The van der Waals surface area contributed by atoms with Crippen LogP contribution in [0.15, 0.2) is 29.6 Å². The molecule has 4 N–H and O–H groups in total. The summed E-state index contributed by atoms with van der Waals surface area (Å²) in [6.07, 6.45) is 1.31. The molecule has 19 heavy (non-hydrogen) atoms. The SMILES string of the molecule is NC(=NO)c1cc(NC(=O)c2cnns2)ccc1F. The van der Waals surface area contributed by atoms with Crippen molar-refractivity contribution >= 4 is 29.0 Å². The van der Waals surface area contributed by atoms with E-state index in [4.69, 9.17) is 10.9 Å². The fourth-order valence-electron chi connectivity index (χ4n) is 1.31. The first-order valence-electron chi connectivity index (χ1n) is 4.98. The zero-order valence-corrected chi connectivity index (χ0v) is 10.2. The molecule has 0 aliphatic heterocycles. The number of hydrogen-bond acceptors (Lipinski definition) is 6. The van der Waals surface area contributed by atoms with E-state index in [0.29, 0.717) is 10.6 Å². The van der Waals surface area contributed by atoms with Gasteiger partial charge in [0.2, 0.25) is 0 Å². The lowest BCUT2D eigenvalue weighted by molar-refractivity contribution is 0.103. The third-order valence-electron chi connectivity index (χ3n) is 2.19. The molecule has 0 aliphatic rings. The normalized spacial score (nSPS) is 11.3. The Morgan fingerprint density at radius 2 is 2.32 bits per heavy atom. The molecule has 1 heterocycles. The van der Waals surface area contributed by atoms with Crippen LogP contribution < -0.4 is 11.1 Å². The standard InChI is InChI=1S/C10H8FN5O2S/c11-7-2-1-5(3-6(7)9(12)15-18)14-10(17)8-4-13-16-19-8/h1-4,18H,(H2,12,15)(H,14,17). The fourth-order valence-corrected chi connectivity index (χ4v) is 1.72. The minimum atomic E-state index is -0.659. The van der Waals surface area contributed by atoms with Crippen LogP contribution in [-0.2, 0) is 0 Å². The topological polar surface area (TPSA) is 113 Å². The van der Waals surface area contributed by atoms with Gasteiger partial charge in [-0.1, -0.05) is 9.64 Å². The lowest BCUT2D eigenvalue weighted by Gasteiger charge is -2.06. The molecule has 98 valence electrons. The lowest BCUT2D eigenvalue weighted by atomic mass is 10.1. The molecule has 2 rings (SSSR count). The average molecular weight is 281 g/mol. The largest absolute Gasteiger partial charge is 0.409 e. The highest BCUT2D eigenvalue weighted by Crippen LogP contribution is 2.16. The number of anilines is 1. The highest BCUT2D eigenvalue weighted by atomic mass is 32.1. The summed E-state index contributed by atoms with van der Waals surface area (Å²) in [5, 5.41) is 17.3.